The lowest BCUT2D eigenvalue weighted by molar-refractivity contribution is -0.323. The number of hydrogen-bond donors (Lipinski definition) is 18. The first-order chi connectivity index (χ1) is 38.2. The first kappa shape index (κ1) is 69.8. The van der Waals surface area contributed by atoms with E-state index < -0.39 is 210 Å². The fourth-order valence-corrected chi connectivity index (χ4v) is 9.91. The molecular formula is C56H90N2O23. The molecule has 2 bridgehead atoms. The Kier molecular flexibility index (Phi) is 29.0. The zero-order valence-corrected chi connectivity index (χ0v) is 46.3. The van der Waals surface area contributed by atoms with Crippen LogP contribution in [0.2, 0.25) is 0 Å². The van der Waals surface area contributed by atoms with E-state index in [4.69, 9.17) is 23.7 Å². The minimum atomic E-state index is -2.49. The van der Waals surface area contributed by atoms with E-state index in [2.05, 4.69) is 10.6 Å². The summed E-state index contributed by atoms with van der Waals surface area (Å²) >= 11 is 0. The molecule has 3 saturated heterocycles. The molecule has 25 heteroatoms. The number of fused-ring (bicyclic) bond motifs is 2. The summed E-state index contributed by atoms with van der Waals surface area (Å²) in [6, 6.07) is -1.38. The van der Waals surface area contributed by atoms with Gasteiger partial charge in [0.1, 0.15) is 30.5 Å². The first-order valence-corrected chi connectivity index (χ1v) is 27.6. The van der Waals surface area contributed by atoms with E-state index in [0.29, 0.717) is 0 Å². The van der Waals surface area contributed by atoms with Crippen LogP contribution in [0.15, 0.2) is 85.1 Å². The maximum Gasteiger partial charge on any atom is 0.308 e. The van der Waals surface area contributed by atoms with Crippen LogP contribution in [0, 0.1) is 17.8 Å². The molecule has 24 atom stereocenters. The molecule has 5 unspecified atom stereocenters. The Morgan fingerprint density at radius 1 is 0.679 bits per heavy atom. The largest absolute Gasteiger partial charge is 0.462 e. The van der Waals surface area contributed by atoms with Crippen molar-refractivity contribution in [3.63, 3.8) is 0 Å². The summed E-state index contributed by atoms with van der Waals surface area (Å²) in [5, 5.41) is 178. The minimum Gasteiger partial charge on any atom is -0.462 e. The number of carbonyl (C=O) groups excluding carboxylic acids is 2. The van der Waals surface area contributed by atoms with E-state index >= 15 is 0 Å². The number of aliphatic hydroxyl groups is 16. The average molecular weight is 1160 g/mol. The van der Waals surface area contributed by atoms with Crippen LogP contribution in [0.5, 0.6) is 0 Å². The molecule has 0 saturated carbocycles. The van der Waals surface area contributed by atoms with Crippen LogP contribution in [0.4, 0.5) is 0 Å². The van der Waals surface area contributed by atoms with Crippen molar-refractivity contribution in [3.8, 4) is 0 Å². The van der Waals surface area contributed by atoms with Gasteiger partial charge in [0.2, 0.25) is 11.7 Å². The number of nitrogens with one attached hydrogen (secondary N) is 2. The topological polar surface area (TPSA) is 428 Å². The van der Waals surface area contributed by atoms with E-state index in [0.717, 1.165) is 0 Å². The van der Waals surface area contributed by atoms with Gasteiger partial charge >= 0.3 is 5.97 Å². The van der Waals surface area contributed by atoms with Crippen molar-refractivity contribution in [2.45, 2.75) is 207 Å². The highest BCUT2D eigenvalue weighted by Crippen LogP contribution is 2.38. The Balaban J connectivity index is 1.65. The lowest BCUT2D eigenvalue weighted by Gasteiger charge is -2.47. The second kappa shape index (κ2) is 33.7. The highest BCUT2D eigenvalue weighted by atomic mass is 16.7. The Hall–Kier alpha value is -3.72. The van der Waals surface area contributed by atoms with Gasteiger partial charge in [-0.15, -0.1) is 0 Å². The molecule has 81 heavy (non-hydrogen) atoms. The number of cyclic esters (lactones) is 1. The number of ether oxygens (including phenoxy) is 5. The van der Waals surface area contributed by atoms with Gasteiger partial charge in [-0.1, -0.05) is 98.9 Å². The molecular weight excluding hydrogens is 1070 g/mol. The molecule has 4 aliphatic rings. The Morgan fingerprint density at radius 3 is 1.90 bits per heavy atom. The zero-order chi connectivity index (χ0) is 60.2. The molecule has 0 aliphatic carbocycles. The summed E-state index contributed by atoms with van der Waals surface area (Å²) in [5.41, 5.74) is 0. The Morgan fingerprint density at radius 2 is 1.28 bits per heavy atom. The smallest absolute Gasteiger partial charge is 0.308 e. The van der Waals surface area contributed by atoms with Crippen molar-refractivity contribution in [2.24, 2.45) is 17.8 Å². The third kappa shape index (κ3) is 22.0. The molecule has 1 amide bonds. The zero-order valence-electron chi connectivity index (χ0n) is 46.3. The van der Waals surface area contributed by atoms with Crippen molar-refractivity contribution in [2.75, 3.05) is 26.3 Å². The van der Waals surface area contributed by atoms with Gasteiger partial charge in [0, 0.05) is 44.1 Å². The summed E-state index contributed by atoms with van der Waals surface area (Å²) in [6.07, 6.45) is -6.03. The van der Waals surface area contributed by atoms with Crippen LogP contribution < -0.4 is 10.6 Å². The van der Waals surface area contributed by atoms with Crippen molar-refractivity contribution >= 4 is 11.9 Å². The van der Waals surface area contributed by atoms with Gasteiger partial charge in [0.25, 0.3) is 0 Å². The van der Waals surface area contributed by atoms with Crippen molar-refractivity contribution in [1.29, 1.82) is 0 Å². The van der Waals surface area contributed by atoms with Gasteiger partial charge in [0.15, 0.2) is 12.1 Å². The molecule has 0 radical (unpaired) electrons. The Bertz CT molecular complexity index is 2110. The lowest BCUT2D eigenvalue weighted by Crippen LogP contribution is -2.69. The third-order valence-corrected chi connectivity index (χ3v) is 15.0. The molecule has 4 aliphatic heterocycles. The van der Waals surface area contributed by atoms with Crippen molar-refractivity contribution < 1.29 is 115 Å². The van der Waals surface area contributed by atoms with E-state index in [1.807, 2.05) is 6.92 Å². The number of hydrogen-bond acceptors (Lipinski definition) is 24. The first-order valence-electron chi connectivity index (χ1n) is 27.6. The molecule has 0 aromatic rings. The predicted octanol–water partition coefficient (Wildman–Crippen LogP) is -3.47. The van der Waals surface area contributed by atoms with Gasteiger partial charge in [0.05, 0.1) is 111 Å². The van der Waals surface area contributed by atoms with E-state index in [9.17, 15) is 91.3 Å². The van der Waals surface area contributed by atoms with Crippen LogP contribution in [-0.2, 0) is 33.3 Å². The summed E-state index contributed by atoms with van der Waals surface area (Å²) in [4.78, 5) is 26.6. The van der Waals surface area contributed by atoms with Crippen LogP contribution in [0.1, 0.15) is 79.1 Å². The van der Waals surface area contributed by atoms with Crippen LogP contribution >= 0.6 is 0 Å². The SMILES string of the molecule is CC1[C@H](C)OC(=O)C[C@H](O)C[C@H](O)CC[C@@H](O)[C@H](O)C[C@H](O)C[C@]2(O)C[C@H](O)C(C(=O)NCC(O)CO)C(C[C@@H](OC3O[C@H](C)[C@@H](O)[C@H](NC[C@@]4(O)OC[C@@H](O)[C@@H](O)[C@@H]4O)[C@@H]3O)C=CC=CC=CC=CC=CC=CC=C[C@H](C)[C@H]1O)O2. The second-order valence-electron chi connectivity index (χ2n) is 21.8. The molecule has 4 rings (SSSR count). The highest BCUT2D eigenvalue weighted by molar-refractivity contribution is 5.80. The molecule has 18 N–H and O–H groups in total. The number of allylic oxidation sites excluding steroid dienone is 12. The molecule has 0 aromatic heterocycles. The highest BCUT2D eigenvalue weighted by Gasteiger charge is 2.53. The minimum absolute atomic E-state index is 0.156. The molecule has 462 valence electrons. The molecule has 0 spiro atoms. The number of esters is 1. The molecule has 4 heterocycles. The third-order valence-electron chi connectivity index (χ3n) is 15.0. The quantitative estimate of drug-likeness (QED) is 0.0998. The fraction of sp³-hybridized carbons (Fsp3) is 0.714. The maximum atomic E-state index is 13.8. The van der Waals surface area contributed by atoms with E-state index in [-0.39, 0.29) is 25.2 Å². The van der Waals surface area contributed by atoms with Gasteiger partial charge in [-0.05, 0) is 33.1 Å². The van der Waals surface area contributed by atoms with Gasteiger partial charge < -0.3 is 116 Å². The summed E-state index contributed by atoms with van der Waals surface area (Å²) in [7, 11) is 0. The molecule has 25 nitrogen and oxygen atoms in total. The average Bonchev–Trinajstić information content (AvgIpc) is 3.53. The van der Waals surface area contributed by atoms with Crippen LogP contribution in [0.25, 0.3) is 0 Å². The number of amides is 1. The summed E-state index contributed by atoms with van der Waals surface area (Å²) in [6.45, 7) is 4.17. The molecule has 3 fully saturated rings. The summed E-state index contributed by atoms with van der Waals surface area (Å²) in [5.74, 6) is -8.93. The van der Waals surface area contributed by atoms with Crippen LogP contribution in [-0.4, -0.2) is 248 Å². The lowest BCUT2D eigenvalue weighted by atomic mass is 9.82. The Labute approximate surface area is 472 Å². The van der Waals surface area contributed by atoms with E-state index in [1.54, 1.807) is 86.8 Å². The van der Waals surface area contributed by atoms with Gasteiger partial charge in [-0.25, -0.2) is 0 Å². The summed E-state index contributed by atoms with van der Waals surface area (Å²) < 4.78 is 29.1. The van der Waals surface area contributed by atoms with Crippen molar-refractivity contribution in [1.82, 2.24) is 10.6 Å². The number of carbonyl (C=O) groups is 2. The standard InChI is InChI=1S/C56H90N2O23/c1-31-17-15-13-11-9-7-5-6-8-10-12-14-16-18-39(80-54-51(72)47(49(70)34(4)79-54)58-30-56(76)52(73)50(71)43(67)29-77-56)24-44-46(53(74)57-27-38(63)28-59)42(66)26-55(75,81-44)25-37(62)22-41(65)40(64)20-19-35(60)21-36(61)23-45(68)78-33(3)32(2)48(31)69/h5-18,31-44,46-52,54,58-67,69-73,75-76H,19-30H2,1-4H3,(H,57,74)/t31-,32?,33-,34+,35+,36+,37-,38?,39-,40+,41+,42-,43+,44?,46?,47-,48+,49+,50+,51-,52-,54?,55+,56+/m0/s1. The molecule has 0 aromatic carbocycles. The second-order valence-corrected chi connectivity index (χ2v) is 21.8. The van der Waals surface area contributed by atoms with Crippen LogP contribution in [0.3, 0.4) is 0 Å². The van der Waals surface area contributed by atoms with Gasteiger partial charge in [-0.2, -0.15) is 0 Å². The monoisotopic (exact) mass is 1160 g/mol. The number of rotatable bonds is 9. The van der Waals surface area contributed by atoms with Crippen molar-refractivity contribution in [3.05, 3.63) is 85.1 Å². The maximum absolute atomic E-state index is 13.8. The predicted molar refractivity (Wildman–Crippen MR) is 288 cm³/mol. The van der Waals surface area contributed by atoms with Gasteiger partial charge in [-0.3, -0.25) is 9.59 Å². The fourth-order valence-electron chi connectivity index (χ4n) is 9.91. The normalized spacial score (nSPS) is 42.2. The van der Waals surface area contributed by atoms with E-state index in [1.165, 1.54) is 19.1 Å². The number of aliphatic hydroxyl groups excluding tert-OH is 14.